The summed E-state index contributed by atoms with van der Waals surface area (Å²) < 4.78 is 41.4. The number of anilines is 1. The Morgan fingerprint density at radius 3 is 2.29 bits per heavy atom. The summed E-state index contributed by atoms with van der Waals surface area (Å²) in [5, 5.41) is 1.83. The molecule has 0 unspecified atom stereocenters. The monoisotopic (exact) mass is 395 g/mol. The number of rotatable bonds is 7. The molecule has 9 heteroatoms. The summed E-state index contributed by atoms with van der Waals surface area (Å²) in [6, 6.07) is 9.55. The first-order valence-electron chi connectivity index (χ1n) is 8.48. The van der Waals surface area contributed by atoms with Crippen molar-refractivity contribution < 1.29 is 27.5 Å². The van der Waals surface area contributed by atoms with Crippen LogP contribution in [0.1, 0.15) is 33.2 Å². The van der Waals surface area contributed by atoms with E-state index in [4.69, 9.17) is 4.74 Å². The molecule has 0 bridgehead atoms. The summed E-state index contributed by atoms with van der Waals surface area (Å²) in [4.78, 5) is 29.4. The number of aromatic nitrogens is 1. The molecule has 1 heterocycles. The molecule has 2 aromatic rings. The highest BCUT2D eigenvalue weighted by atomic mass is 19.4. The van der Waals surface area contributed by atoms with Crippen LogP contribution in [0.3, 0.4) is 0 Å². The highest BCUT2D eigenvalue weighted by Gasteiger charge is 2.27. The van der Waals surface area contributed by atoms with Gasteiger partial charge in [-0.2, -0.15) is 13.2 Å². The third kappa shape index (κ3) is 6.26. The number of hydrogen-bond acceptors (Lipinski definition) is 5. The maximum Gasteiger partial charge on any atom is 0.405 e. The van der Waals surface area contributed by atoms with Crippen molar-refractivity contribution in [1.29, 1.82) is 0 Å². The van der Waals surface area contributed by atoms with Gasteiger partial charge < -0.3 is 15.0 Å². The first-order chi connectivity index (χ1) is 13.2. The number of nitrogens with one attached hydrogen (secondary N) is 1. The van der Waals surface area contributed by atoms with Crippen LogP contribution in [-0.2, 0) is 11.3 Å². The molecule has 0 saturated heterocycles. The van der Waals surface area contributed by atoms with E-state index < -0.39 is 24.6 Å². The van der Waals surface area contributed by atoms with Gasteiger partial charge in [0.15, 0.2) is 0 Å². The number of nitrogens with zero attached hydrogens (tertiary/aromatic N) is 2. The Morgan fingerprint density at radius 1 is 1.11 bits per heavy atom. The van der Waals surface area contributed by atoms with Crippen molar-refractivity contribution in [2.45, 2.75) is 19.6 Å². The van der Waals surface area contributed by atoms with Crippen molar-refractivity contribution in [3.8, 4) is 0 Å². The molecule has 2 rings (SSSR count). The first kappa shape index (κ1) is 21.2. The Balaban J connectivity index is 1.96. The highest BCUT2D eigenvalue weighted by Crippen LogP contribution is 2.15. The lowest BCUT2D eigenvalue weighted by Gasteiger charge is -2.18. The number of carbonyl (C=O) groups is 2. The third-order valence-electron chi connectivity index (χ3n) is 3.74. The molecule has 0 saturated carbocycles. The average Bonchev–Trinajstić information content (AvgIpc) is 2.66. The van der Waals surface area contributed by atoms with Crippen LogP contribution in [0.4, 0.5) is 19.0 Å². The summed E-state index contributed by atoms with van der Waals surface area (Å²) in [6.45, 7) is 1.09. The summed E-state index contributed by atoms with van der Waals surface area (Å²) >= 11 is 0. The van der Waals surface area contributed by atoms with Crippen molar-refractivity contribution in [3.05, 3.63) is 59.3 Å². The number of esters is 1. The molecular formula is C19H20F3N3O3. The minimum atomic E-state index is -4.45. The number of alkyl halides is 3. The molecule has 0 aliphatic heterocycles. The van der Waals surface area contributed by atoms with E-state index >= 15 is 0 Å². The third-order valence-corrected chi connectivity index (χ3v) is 3.74. The number of hydrogen-bond donors (Lipinski definition) is 1. The number of benzene rings is 1. The lowest BCUT2D eigenvalue weighted by Crippen LogP contribution is -2.33. The van der Waals surface area contributed by atoms with Crippen molar-refractivity contribution >= 4 is 17.7 Å². The summed E-state index contributed by atoms with van der Waals surface area (Å²) in [5.74, 6) is -0.600. The first-order valence-corrected chi connectivity index (χ1v) is 8.48. The Kier molecular flexibility index (Phi) is 6.97. The number of ether oxygens (including phenoxy) is 1. The molecule has 0 spiro atoms. The van der Waals surface area contributed by atoms with Gasteiger partial charge in [-0.05, 0) is 36.8 Å². The van der Waals surface area contributed by atoms with Crippen LogP contribution in [0.25, 0.3) is 0 Å². The smallest absolute Gasteiger partial charge is 0.405 e. The predicted molar refractivity (Wildman–Crippen MR) is 97.1 cm³/mol. The highest BCUT2D eigenvalue weighted by molar-refractivity contribution is 5.94. The summed E-state index contributed by atoms with van der Waals surface area (Å²) in [6.07, 6.45) is -3.02. The van der Waals surface area contributed by atoms with Crippen LogP contribution >= 0.6 is 0 Å². The molecule has 1 amide bonds. The Bertz CT molecular complexity index is 806. The van der Waals surface area contributed by atoms with Gasteiger partial charge in [-0.15, -0.1) is 0 Å². The molecule has 6 nitrogen and oxygen atoms in total. The number of carbonyl (C=O) groups excluding carboxylic acids is 2. The normalized spacial score (nSPS) is 11.0. The topological polar surface area (TPSA) is 71.5 Å². The van der Waals surface area contributed by atoms with Gasteiger partial charge in [0, 0.05) is 25.4 Å². The molecule has 0 atom stereocenters. The number of halogens is 3. The Labute approximate surface area is 160 Å². The summed E-state index contributed by atoms with van der Waals surface area (Å²) in [5.41, 5.74) is 1.34. The molecule has 1 aromatic heterocycles. The van der Waals surface area contributed by atoms with Gasteiger partial charge in [0.1, 0.15) is 12.4 Å². The molecule has 0 aliphatic rings. The van der Waals surface area contributed by atoms with Crippen molar-refractivity contribution in [2.24, 2.45) is 0 Å². The Hall–Kier alpha value is -3.10. The van der Waals surface area contributed by atoms with Crippen LogP contribution in [0.15, 0.2) is 42.6 Å². The van der Waals surface area contributed by atoms with Crippen molar-refractivity contribution in [3.63, 3.8) is 0 Å². The van der Waals surface area contributed by atoms with Crippen LogP contribution in [-0.4, -0.2) is 43.2 Å². The van der Waals surface area contributed by atoms with Gasteiger partial charge in [0.2, 0.25) is 0 Å². The molecule has 150 valence electrons. The molecule has 0 aliphatic carbocycles. The molecular weight excluding hydrogens is 375 g/mol. The fourth-order valence-corrected chi connectivity index (χ4v) is 2.35. The fourth-order valence-electron chi connectivity index (χ4n) is 2.35. The molecule has 0 radical (unpaired) electrons. The fraction of sp³-hybridized carbons (Fsp3) is 0.316. The van der Waals surface area contributed by atoms with E-state index in [-0.39, 0.29) is 12.2 Å². The van der Waals surface area contributed by atoms with Crippen LogP contribution in [0, 0.1) is 0 Å². The van der Waals surface area contributed by atoms with Gasteiger partial charge in [0.05, 0.1) is 12.2 Å². The van der Waals surface area contributed by atoms with E-state index in [1.54, 1.807) is 38.2 Å². The number of amides is 1. The Morgan fingerprint density at radius 2 is 1.75 bits per heavy atom. The summed E-state index contributed by atoms with van der Waals surface area (Å²) in [7, 11) is 1.80. The lowest BCUT2D eigenvalue weighted by atomic mass is 10.1. The molecule has 28 heavy (non-hydrogen) atoms. The zero-order valence-electron chi connectivity index (χ0n) is 15.4. The molecule has 0 fully saturated rings. The second-order valence-electron chi connectivity index (χ2n) is 5.98. The quantitative estimate of drug-likeness (QED) is 0.729. The van der Waals surface area contributed by atoms with Crippen LogP contribution in [0.5, 0.6) is 0 Å². The van der Waals surface area contributed by atoms with Gasteiger partial charge >= 0.3 is 12.1 Å². The maximum absolute atomic E-state index is 12.2. The van der Waals surface area contributed by atoms with Crippen LogP contribution in [0.2, 0.25) is 0 Å². The average molecular weight is 395 g/mol. The van der Waals surface area contributed by atoms with Crippen LogP contribution < -0.4 is 10.2 Å². The van der Waals surface area contributed by atoms with Gasteiger partial charge in [0.25, 0.3) is 5.91 Å². The number of pyridine rings is 1. The van der Waals surface area contributed by atoms with Gasteiger partial charge in [-0.3, -0.25) is 4.79 Å². The van der Waals surface area contributed by atoms with E-state index in [1.165, 1.54) is 18.3 Å². The molecule has 1 aromatic carbocycles. The van der Waals surface area contributed by atoms with Gasteiger partial charge in [-0.25, -0.2) is 9.78 Å². The van der Waals surface area contributed by atoms with E-state index in [1.807, 2.05) is 10.2 Å². The van der Waals surface area contributed by atoms with Crippen molar-refractivity contribution in [2.75, 3.05) is 25.1 Å². The zero-order chi connectivity index (χ0) is 20.7. The predicted octanol–water partition coefficient (Wildman–Crippen LogP) is 3.19. The van der Waals surface area contributed by atoms with Crippen molar-refractivity contribution in [1.82, 2.24) is 10.3 Å². The second-order valence-corrected chi connectivity index (χ2v) is 5.98. The standard InChI is InChI=1S/C19H20F3N3O3/c1-3-28-18(27)15-8-9-16(23-10-15)25(2)11-13-4-6-14(7-5-13)17(26)24-12-19(20,21)22/h4-10H,3,11-12H2,1-2H3,(H,24,26). The second kappa shape index (κ2) is 9.20. The van der Waals surface area contributed by atoms with Gasteiger partial charge in [-0.1, -0.05) is 12.1 Å². The largest absolute Gasteiger partial charge is 0.462 e. The van der Waals surface area contributed by atoms with E-state index in [0.717, 1.165) is 5.56 Å². The lowest BCUT2D eigenvalue weighted by molar-refractivity contribution is -0.123. The SMILES string of the molecule is CCOC(=O)c1ccc(N(C)Cc2ccc(C(=O)NCC(F)(F)F)cc2)nc1. The minimum absolute atomic E-state index is 0.146. The van der Waals surface area contributed by atoms with E-state index in [9.17, 15) is 22.8 Å². The minimum Gasteiger partial charge on any atom is -0.462 e. The molecule has 1 N–H and O–H groups in total. The van der Waals surface area contributed by atoms with E-state index in [0.29, 0.717) is 17.9 Å². The zero-order valence-corrected chi connectivity index (χ0v) is 15.4. The van der Waals surface area contributed by atoms with E-state index in [2.05, 4.69) is 4.98 Å². The maximum atomic E-state index is 12.2.